The highest BCUT2D eigenvalue weighted by Crippen LogP contribution is 2.33. The Morgan fingerprint density at radius 1 is 1.21 bits per heavy atom. The van der Waals surface area contributed by atoms with Gasteiger partial charge in [0.25, 0.3) is 11.6 Å². The number of hydrogen-bond donors (Lipinski definition) is 10. The molecule has 0 saturated carbocycles. The van der Waals surface area contributed by atoms with Crippen molar-refractivity contribution >= 4 is 31.2 Å². The second kappa shape index (κ2) is 8.26. The van der Waals surface area contributed by atoms with Crippen LogP contribution in [0.2, 0.25) is 5.02 Å². The van der Waals surface area contributed by atoms with Crippen molar-refractivity contribution in [1.82, 2.24) is 15.3 Å². The van der Waals surface area contributed by atoms with E-state index in [9.17, 15) is 35.4 Å². The molecule has 1 atom stereocenters. The van der Waals surface area contributed by atoms with Gasteiger partial charge in [0.2, 0.25) is 0 Å². The molecule has 2 heterocycles. The van der Waals surface area contributed by atoms with Gasteiger partial charge in [-0.3, -0.25) is 4.79 Å². The summed E-state index contributed by atoms with van der Waals surface area (Å²) in [5.41, 5.74) is -5.87. The van der Waals surface area contributed by atoms with Gasteiger partial charge in [-0.2, -0.15) is 0 Å². The number of H-pyrrole nitrogens is 1. The Bertz CT molecular complexity index is 866. The summed E-state index contributed by atoms with van der Waals surface area (Å²) in [5.74, 6) is -4.78. The van der Waals surface area contributed by atoms with E-state index < -0.39 is 23.3 Å². The highest BCUT2D eigenvalue weighted by molar-refractivity contribution is 6.33. The number of pyridine rings is 1. The zero-order chi connectivity index (χ0) is 22.0. The summed E-state index contributed by atoms with van der Waals surface area (Å²) in [5, 5.41) is 70.9. The van der Waals surface area contributed by atoms with Crippen molar-refractivity contribution in [3.05, 3.63) is 35.2 Å². The van der Waals surface area contributed by atoms with Crippen LogP contribution in [0.15, 0.2) is 24.5 Å². The van der Waals surface area contributed by atoms with Crippen LogP contribution in [0.3, 0.4) is 0 Å². The van der Waals surface area contributed by atoms with E-state index in [0.29, 0.717) is 13.4 Å². The number of carbonyl (C=O) groups is 1. The first-order chi connectivity index (χ1) is 13.3. The van der Waals surface area contributed by atoms with Gasteiger partial charge in [-0.25, -0.2) is 4.98 Å². The maximum absolute atomic E-state index is 11.9. The van der Waals surface area contributed by atoms with Crippen LogP contribution in [-0.4, -0.2) is 90.0 Å². The first-order valence-corrected chi connectivity index (χ1v) is 8.54. The monoisotopic (exact) mass is 430 g/mol. The maximum Gasteiger partial charge on any atom is 0.331 e. The summed E-state index contributed by atoms with van der Waals surface area (Å²) in [7, 11) is 0.595. The van der Waals surface area contributed by atoms with E-state index in [1.165, 1.54) is 18.3 Å². The molecule has 2 rings (SSSR count). The van der Waals surface area contributed by atoms with E-state index in [0.717, 1.165) is 6.20 Å². The summed E-state index contributed by atoms with van der Waals surface area (Å²) in [6.45, 7) is -0.174. The molecule has 0 radical (unpaired) electrons. The van der Waals surface area contributed by atoms with Gasteiger partial charge >= 0.3 is 5.97 Å². The average molecular weight is 431 g/mol. The van der Waals surface area contributed by atoms with Crippen LogP contribution >= 0.6 is 11.6 Å². The summed E-state index contributed by atoms with van der Waals surface area (Å²) < 4.78 is 0. The van der Waals surface area contributed by atoms with E-state index in [2.05, 4.69) is 15.3 Å². The predicted molar refractivity (Wildman–Crippen MR) is 102 cm³/mol. The topological polar surface area (TPSA) is 211 Å². The van der Waals surface area contributed by atoms with E-state index in [-0.39, 0.29) is 35.2 Å². The first kappa shape index (κ1) is 23.1. The van der Waals surface area contributed by atoms with Crippen LogP contribution in [0.25, 0.3) is 11.1 Å². The molecule has 1 unspecified atom stereocenters. The van der Waals surface area contributed by atoms with Gasteiger partial charge in [-0.1, -0.05) is 11.6 Å². The maximum atomic E-state index is 11.9. The Morgan fingerprint density at radius 3 is 2.41 bits per heavy atom. The molecule has 0 aliphatic carbocycles. The van der Waals surface area contributed by atoms with E-state index in [1.807, 2.05) is 5.32 Å². The molecule has 2 aromatic heterocycles. The number of rotatable bonds is 8. The molecule has 0 fully saturated rings. The number of anilines is 1. The third-order valence-electron chi connectivity index (χ3n) is 3.97. The summed E-state index contributed by atoms with van der Waals surface area (Å²) >= 11 is 6.11. The predicted octanol–water partition coefficient (Wildman–Crippen LogP) is -3.55. The van der Waals surface area contributed by atoms with E-state index in [4.69, 9.17) is 16.7 Å². The molecule has 158 valence electrons. The zero-order valence-corrected chi connectivity index (χ0v) is 15.8. The Labute approximate surface area is 169 Å². The lowest BCUT2D eigenvalue weighted by Crippen LogP contribution is -2.72. The minimum absolute atomic E-state index is 0.0577. The molecule has 0 aromatic carbocycles. The minimum atomic E-state index is -3.97. The van der Waals surface area contributed by atoms with Gasteiger partial charge < -0.3 is 51.4 Å². The van der Waals surface area contributed by atoms with Crippen LogP contribution in [0.4, 0.5) is 5.82 Å². The Morgan fingerprint density at radius 2 is 1.86 bits per heavy atom. The molecule has 0 aliphatic rings. The van der Waals surface area contributed by atoms with Crippen LogP contribution < -0.4 is 10.6 Å². The molecular weight excluding hydrogens is 410 g/mol. The Kier molecular flexibility index (Phi) is 6.56. The van der Waals surface area contributed by atoms with Crippen molar-refractivity contribution in [2.24, 2.45) is 0 Å². The number of amides is 1. The van der Waals surface area contributed by atoms with E-state index in [1.54, 1.807) is 0 Å². The summed E-state index contributed by atoms with van der Waals surface area (Å²) in [4.78, 5) is 18.4. The molecule has 14 heteroatoms. The van der Waals surface area contributed by atoms with Crippen LogP contribution in [0.5, 0.6) is 0 Å². The lowest BCUT2D eigenvalue weighted by Gasteiger charge is -2.42. The molecule has 0 aliphatic heterocycles. The van der Waals surface area contributed by atoms with Crippen molar-refractivity contribution < 1.29 is 40.5 Å². The first-order valence-electron chi connectivity index (χ1n) is 8.16. The largest absolute Gasteiger partial charge is 0.395 e. The molecule has 1 amide bonds. The molecule has 12 nitrogen and oxygen atoms in total. The average Bonchev–Trinajstić information content (AvgIpc) is 3.09. The normalized spacial score (nSPS) is 14.3. The van der Waals surface area contributed by atoms with Crippen molar-refractivity contribution in [2.75, 3.05) is 18.5 Å². The number of aromatic nitrogens is 2. The second-order valence-electron chi connectivity index (χ2n) is 6.32. The fraction of sp³-hybridized carbons (Fsp3) is 0.333. The minimum Gasteiger partial charge on any atom is -0.395 e. The number of halogens is 1. The van der Waals surface area contributed by atoms with Crippen LogP contribution in [-0.2, 0) is 0 Å². The fourth-order valence-electron chi connectivity index (χ4n) is 2.38. The molecule has 2 aromatic rings. The standard InChI is InChI=1S/C15H20BClN4O8/c16-14(25,26)13(24,15(27,28)29)21-11-4-8(9(17)6-20-11)7-3-10(19-5-7)12(23)18-1-2-22/h3-6,19,22,24-29H,1-2,16H2,(H,18,23)(H,20,21). The highest BCUT2D eigenvalue weighted by Gasteiger charge is 2.60. The van der Waals surface area contributed by atoms with Gasteiger partial charge in [0.05, 0.1) is 11.6 Å². The smallest absolute Gasteiger partial charge is 0.331 e. The SMILES string of the molecule is BC(O)(O)C(O)(Nc1cc(-c2c[nH]c(C(=O)NCCO)c2)c(Cl)cn1)C(O)(O)O. The molecule has 29 heavy (non-hydrogen) atoms. The molecule has 10 N–H and O–H groups in total. The number of nitrogens with one attached hydrogen (secondary N) is 3. The lowest BCUT2D eigenvalue weighted by molar-refractivity contribution is -0.424. The number of aromatic amines is 1. The van der Waals surface area contributed by atoms with Crippen LogP contribution in [0.1, 0.15) is 10.5 Å². The highest BCUT2D eigenvalue weighted by atomic mass is 35.5. The Hall–Kier alpha value is -2.23. The molecule has 0 spiro atoms. The number of aliphatic hydroxyl groups is 7. The molecule has 0 bridgehead atoms. The quantitative estimate of drug-likeness (QED) is 0.147. The summed E-state index contributed by atoms with van der Waals surface area (Å²) in [6.07, 6.45) is 2.54. The number of aliphatic hydroxyl groups excluding tert-OH is 1. The van der Waals surface area contributed by atoms with Crippen molar-refractivity contribution in [2.45, 2.75) is 17.4 Å². The van der Waals surface area contributed by atoms with Gasteiger partial charge in [0.1, 0.15) is 11.5 Å². The third kappa shape index (κ3) is 4.86. The zero-order valence-electron chi connectivity index (χ0n) is 15.1. The fourth-order valence-corrected chi connectivity index (χ4v) is 2.59. The van der Waals surface area contributed by atoms with Gasteiger partial charge in [-0.15, -0.1) is 0 Å². The second-order valence-corrected chi connectivity index (χ2v) is 6.73. The van der Waals surface area contributed by atoms with Gasteiger partial charge in [-0.05, 0) is 12.1 Å². The lowest BCUT2D eigenvalue weighted by atomic mass is 9.82. The molecule has 0 saturated heterocycles. The van der Waals surface area contributed by atoms with Gasteiger partial charge in [0.15, 0.2) is 13.5 Å². The number of hydrogen-bond acceptors (Lipinski definition) is 10. The number of carbonyl (C=O) groups excluding carboxylic acids is 1. The van der Waals surface area contributed by atoms with E-state index >= 15 is 0 Å². The molecular formula is C15H20BClN4O8. The van der Waals surface area contributed by atoms with Crippen LogP contribution in [0, 0.1) is 0 Å². The van der Waals surface area contributed by atoms with Gasteiger partial charge in [0, 0.05) is 30.1 Å². The van der Waals surface area contributed by atoms with Crippen molar-refractivity contribution in [3.8, 4) is 11.1 Å². The summed E-state index contributed by atoms with van der Waals surface area (Å²) in [6, 6.07) is 2.63. The third-order valence-corrected chi connectivity index (χ3v) is 4.27. The Balaban J connectivity index is 2.38. The number of nitrogens with zero attached hydrogens (tertiary/aromatic N) is 1. The van der Waals surface area contributed by atoms with Crippen molar-refractivity contribution in [1.29, 1.82) is 0 Å². The van der Waals surface area contributed by atoms with Crippen molar-refractivity contribution in [3.63, 3.8) is 0 Å².